The largest absolute Gasteiger partial charge is 0.477 e. The van der Waals surface area contributed by atoms with Gasteiger partial charge in [0.15, 0.2) is 0 Å². The number of carboxylic acids is 1. The molecule has 0 heterocycles. The highest BCUT2D eigenvalue weighted by atomic mass is 16.4. The van der Waals surface area contributed by atoms with Crippen molar-refractivity contribution in [1.29, 1.82) is 0 Å². The Morgan fingerprint density at radius 3 is 2.56 bits per heavy atom. The highest BCUT2D eigenvalue weighted by molar-refractivity contribution is 6.00. The summed E-state index contributed by atoms with van der Waals surface area (Å²) in [7, 11) is 0. The zero-order chi connectivity index (χ0) is 17.6. The molecule has 2 aromatic rings. The Labute approximate surface area is 147 Å². The van der Waals surface area contributed by atoms with Crippen LogP contribution in [0.2, 0.25) is 0 Å². The molecule has 0 spiro atoms. The number of amides is 1. The summed E-state index contributed by atoms with van der Waals surface area (Å²) in [6.45, 7) is 0. The molecule has 130 valence electrons. The highest BCUT2D eigenvalue weighted by Gasteiger charge is 2.18. The van der Waals surface area contributed by atoms with Gasteiger partial charge in [-0.25, -0.2) is 4.79 Å². The Morgan fingerprint density at radius 2 is 1.80 bits per heavy atom. The van der Waals surface area contributed by atoms with Crippen molar-refractivity contribution in [1.82, 2.24) is 5.32 Å². The van der Waals surface area contributed by atoms with E-state index in [4.69, 9.17) is 0 Å². The maximum Gasteiger partial charge on any atom is 0.352 e. The zero-order valence-electron chi connectivity index (χ0n) is 14.2. The normalized spacial score (nSPS) is 15.4. The summed E-state index contributed by atoms with van der Waals surface area (Å²) < 4.78 is 0. The molecular formula is C21H23NO3. The van der Waals surface area contributed by atoms with Crippen molar-refractivity contribution < 1.29 is 14.7 Å². The van der Waals surface area contributed by atoms with E-state index in [1.165, 1.54) is 31.8 Å². The van der Waals surface area contributed by atoms with Crippen LogP contribution < -0.4 is 5.32 Å². The first kappa shape index (κ1) is 17.2. The summed E-state index contributed by atoms with van der Waals surface area (Å²) >= 11 is 0. The molecule has 1 saturated carbocycles. The predicted octanol–water partition coefficient (Wildman–Crippen LogP) is 4.35. The lowest BCUT2D eigenvalue weighted by Gasteiger charge is -2.10. The predicted molar refractivity (Wildman–Crippen MR) is 98.9 cm³/mol. The fourth-order valence-corrected chi connectivity index (χ4v) is 3.53. The van der Waals surface area contributed by atoms with Gasteiger partial charge in [-0.2, -0.15) is 0 Å². The first-order valence-electron chi connectivity index (χ1n) is 8.86. The third kappa shape index (κ3) is 4.47. The SMILES string of the molecule is O=C(CCC1CCCC1)N/C(=C/c1cccc2ccccc12)C(=O)O. The third-order valence-corrected chi connectivity index (χ3v) is 4.88. The molecule has 0 aliphatic heterocycles. The van der Waals surface area contributed by atoms with Crippen molar-refractivity contribution in [3.8, 4) is 0 Å². The summed E-state index contributed by atoms with van der Waals surface area (Å²) in [6.07, 6.45) is 7.62. The Morgan fingerprint density at radius 1 is 1.08 bits per heavy atom. The molecule has 0 aromatic heterocycles. The van der Waals surface area contributed by atoms with E-state index >= 15 is 0 Å². The van der Waals surface area contributed by atoms with Crippen LogP contribution >= 0.6 is 0 Å². The summed E-state index contributed by atoms with van der Waals surface area (Å²) in [5, 5.41) is 14.0. The van der Waals surface area contributed by atoms with Gasteiger partial charge in [0.2, 0.25) is 5.91 Å². The van der Waals surface area contributed by atoms with Gasteiger partial charge in [-0.15, -0.1) is 0 Å². The molecule has 25 heavy (non-hydrogen) atoms. The maximum atomic E-state index is 12.2. The molecule has 1 amide bonds. The summed E-state index contributed by atoms with van der Waals surface area (Å²) in [5.74, 6) is -0.732. The van der Waals surface area contributed by atoms with Crippen molar-refractivity contribution >= 4 is 28.7 Å². The lowest BCUT2D eigenvalue weighted by molar-refractivity contribution is -0.134. The molecule has 3 rings (SSSR count). The number of benzene rings is 2. The summed E-state index contributed by atoms with van der Waals surface area (Å²) in [5.41, 5.74) is 0.708. The van der Waals surface area contributed by atoms with E-state index in [0.29, 0.717) is 12.3 Å². The molecule has 2 aromatic carbocycles. The van der Waals surface area contributed by atoms with Crippen LogP contribution in [0.25, 0.3) is 16.8 Å². The average Bonchev–Trinajstić information content (AvgIpc) is 3.13. The molecule has 0 unspecified atom stereocenters. The van der Waals surface area contributed by atoms with Crippen LogP contribution in [0, 0.1) is 5.92 Å². The van der Waals surface area contributed by atoms with Crippen molar-refractivity contribution in [2.75, 3.05) is 0 Å². The second-order valence-corrected chi connectivity index (χ2v) is 6.67. The smallest absolute Gasteiger partial charge is 0.352 e. The number of carbonyl (C=O) groups excluding carboxylic acids is 1. The number of fused-ring (bicyclic) bond motifs is 1. The van der Waals surface area contributed by atoms with Gasteiger partial charge < -0.3 is 10.4 Å². The number of hydrogen-bond acceptors (Lipinski definition) is 2. The topological polar surface area (TPSA) is 66.4 Å². The molecule has 0 atom stereocenters. The number of rotatable bonds is 6. The van der Waals surface area contributed by atoms with Gasteiger partial charge in [-0.3, -0.25) is 4.79 Å². The molecule has 2 N–H and O–H groups in total. The van der Waals surface area contributed by atoms with E-state index in [-0.39, 0.29) is 11.6 Å². The minimum absolute atomic E-state index is 0.0761. The van der Waals surface area contributed by atoms with Crippen LogP contribution in [0.1, 0.15) is 44.1 Å². The van der Waals surface area contributed by atoms with Crippen LogP contribution in [0.5, 0.6) is 0 Å². The Bertz CT molecular complexity index is 798. The van der Waals surface area contributed by atoms with E-state index in [2.05, 4.69) is 5.32 Å². The minimum atomic E-state index is -1.12. The second kappa shape index (κ2) is 7.97. The second-order valence-electron chi connectivity index (χ2n) is 6.67. The molecule has 4 nitrogen and oxygen atoms in total. The number of carbonyl (C=O) groups is 2. The first-order valence-corrected chi connectivity index (χ1v) is 8.86. The third-order valence-electron chi connectivity index (χ3n) is 4.88. The number of aliphatic carboxylic acids is 1. The van der Waals surface area contributed by atoms with Gasteiger partial charge in [0, 0.05) is 6.42 Å². The Hall–Kier alpha value is -2.62. The Balaban J connectivity index is 1.74. The van der Waals surface area contributed by atoms with Gasteiger partial charge in [-0.05, 0) is 34.8 Å². The van der Waals surface area contributed by atoms with Crippen LogP contribution in [-0.2, 0) is 9.59 Å². The van der Waals surface area contributed by atoms with Gasteiger partial charge in [0.1, 0.15) is 5.70 Å². The standard InChI is InChI=1S/C21H23NO3/c23-20(13-12-15-6-1-2-7-15)22-19(21(24)25)14-17-10-5-9-16-8-3-4-11-18(16)17/h3-5,8-11,14-15H,1-2,6-7,12-13H2,(H,22,23)(H,24,25)/b19-14+. The van der Waals surface area contributed by atoms with Crippen molar-refractivity contribution in [2.24, 2.45) is 5.92 Å². The Kier molecular flexibility index (Phi) is 5.49. The first-order chi connectivity index (χ1) is 12.1. The van der Waals surface area contributed by atoms with Crippen molar-refractivity contribution in [3.63, 3.8) is 0 Å². The number of carboxylic acid groups (broad SMARTS) is 1. The van der Waals surface area contributed by atoms with Gasteiger partial charge in [0.05, 0.1) is 0 Å². The van der Waals surface area contributed by atoms with Crippen molar-refractivity contribution in [2.45, 2.75) is 38.5 Å². The average molecular weight is 337 g/mol. The van der Waals surface area contributed by atoms with Gasteiger partial charge in [0.25, 0.3) is 0 Å². The molecule has 1 aliphatic rings. The zero-order valence-corrected chi connectivity index (χ0v) is 14.2. The monoisotopic (exact) mass is 337 g/mol. The molecule has 0 radical (unpaired) electrons. The summed E-state index contributed by atoms with van der Waals surface area (Å²) in [6, 6.07) is 13.5. The molecule has 1 fully saturated rings. The molecule has 0 bridgehead atoms. The van der Waals surface area contributed by atoms with E-state index in [1.54, 1.807) is 0 Å². The lowest BCUT2D eigenvalue weighted by Crippen LogP contribution is -2.27. The van der Waals surface area contributed by atoms with Crippen LogP contribution in [0.3, 0.4) is 0 Å². The van der Waals surface area contributed by atoms with Crippen LogP contribution in [0.15, 0.2) is 48.2 Å². The summed E-state index contributed by atoms with van der Waals surface area (Å²) in [4.78, 5) is 23.7. The molecule has 4 heteroatoms. The van der Waals surface area contributed by atoms with E-state index in [1.807, 2.05) is 42.5 Å². The van der Waals surface area contributed by atoms with E-state index in [0.717, 1.165) is 22.8 Å². The van der Waals surface area contributed by atoms with Crippen LogP contribution in [-0.4, -0.2) is 17.0 Å². The van der Waals surface area contributed by atoms with E-state index < -0.39 is 5.97 Å². The molecular weight excluding hydrogens is 314 g/mol. The minimum Gasteiger partial charge on any atom is -0.477 e. The van der Waals surface area contributed by atoms with Crippen LogP contribution in [0.4, 0.5) is 0 Å². The lowest BCUT2D eigenvalue weighted by atomic mass is 10.0. The number of nitrogens with one attached hydrogen (secondary N) is 1. The van der Waals surface area contributed by atoms with Crippen molar-refractivity contribution in [3.05, 3.63) is 53.7 Å². The number of hydrogen-bond donors (Lipinski definition) is 2. The fraction of sp³-hybridized carbons (Fsp3) is 0.333. The maximum absolute atomic E-state index is 12.2. The molecule has 0 saturated heterocycles. The highest BCUT2D eigenvalue weighted by Crippen LogP contribution is 2.28. The molecule has 1 aliphatic carbocycles. The van der Waals surface area contributed by atoms with Gasteiger partial charge >= 0.3 is 5.97 Å². The van der Waals surface area contributed by atoms with E-state index in [9.17, 15) is 14.7 Å². The van der Waals surface area contributed by atoms with Gasteiger partial charge in [-0.1, -0.05) is 68.1 Å². The fourth-order valence-electron chi connectivity index (χ4n) is 3.53. The quantitative estimate of drug-likeness (QED) is 0.770.